The summed E-state index contributed by atoms with van der Waals surface area (Å²) in [6.45, 7) is 5.00. The zero-order valence-corrected chi connectivity index (χ0v) is 16.4. The fraction of sp³-hybridized carbons (Fsp3) is 0.650. The molecule has 2 heterocycles. The molecule has 2 aliphatic rings. The maximum Gasteiger partial charge on any atom is 0.225 e. The third-order valence-electron chi connectivity index (χ3n) is 5.32. The van der Waals surface area contributed by atoms with Crippen LogP contribution in [0.4, 0.5) is 0 Å². The van der Waals surface area contributed by atoms with Crippen LogP contribution in [-0.2, 0) is 11.3 Å². The van der Waals surface area contributed by atoms with Gasteiger partial charge in [-0.2, -0.15) is 0 Å². The minimum absolute atomic E-state index is 0.250. The summed E-state index contributed by atoms with van der Waals surface area (Å²) in [7, 11) is 1.61. The normalized spacial score (nSPS) is 20.7. The first kappa shape index (κ1) is 19.5. The zero-order valence-electron chi connectivity index (χ0n) is 16.4. The first-order chi connectivity index (χ1) is 13.2. The number of amides is 1. The Kier molecular flexibility index (Phi) is 6.90. The molecule has 0 spiro atoms. The number of methoxy groups -OCH3 is 1. The van der Waals surface area contributed by atoms with Crippen LogP contribution < -0.4 is 15.4 Å². The highest BCUT2D eigenvalue weighted by molar-refractivity contribution is 5.81. The van der Waals surface area contributed by atoms with Crippen LogP contribution in [0.25, 0.3) is 0 Å². The molecule has 2 fully saturated rings. The summed E-state index contributed by atoms with van der Waals surface area (Å²) >= 11 is 0. The Balaban J connectivity index is 1.55. The number of hydrogen-bond acceptors (Lipinski definition) is 4. The molecular formula is C20H31N5O2. The maximum atomic E-state index is 12.6. The van der Waals surface area contributed by atoms with Gasteiger partial charge >= 0.3 is 0 Å². The van der Waals surface area contributed by atoms with E-state index in [0.717, 1.165) is 50.4 Å². The van der Waals surface area contributed by atoms with Gasteiger partial charge < -0.3 is 20.3 Å². The molecule has 7 nitrogen and oxygen atoms in total. The van der Waals surface area contributed by atoms with Crippen LogP contribution in [0.15, 0.2) is 23.3 Å². The summed E-state index contributed by atoms with van der Waals surface area (Å²) in [5, 5.41) is 6.79. The number of nitrogens with one attached hydrogen (secondary N) is 2. The molecule has 1 unspecified atom stereocenters. The minimum atomic E-state index is 0.250. The number of hydrogen-bond donors (Lipinski definition) is 2. The third-order valence-corrected chi connectivity index (χ3v) is 5.32. The van der Waals surface area contributed by atoms with E-state index in [0.29, 0.717) is 18.3 Å². The molecule has 1 saturated carbocycles. The molecule has 1 saturated heterocycles. The van der Waals surface area contributed by atoms with Crippen molar-refractivity contribution in [3.8, 4) is 5.88 Å². The quantitative estimate of drug-likeness (QED) is 0.588. The lowest BCUT2D eigenvalue weighted by atomic mass is 10.1. The van der Waals surface area contributed by atoms with Gasteiger partial charge in [0.25, 0.3) is 0 Å². The van der Waals surface area contributed by atoms with Gasteiger partial charge in [-0.3, -0.25) is 4.79 Å². The molecule has 1 aliphatic heterocycles. The molecule has 1 aromatic heterocycles. The first-order valence-electron chi connectivity index (χ1n) is 10.0. The van der Waals surface area contributed by atoms with E-state index in [4.69, 9.17) is 4.74 Å². The standard InChI is InChI=1S/C20H31N5O2/c1-3-21-20(23-13-15-8-10-22-18(12-15)27-2)24-17-9-11-25(14-17)19(26)16-6-4-5-7-16/h8,10,12,16-17H,3-7,9,11,13-14H2,1-2H3,(H2,21,23,24). The van der Waals surface area contributed by atoms with E-state index in [1.54, 1.807) is 13.3 Å². The smallest absolute Gasteiger partial charge is 0.225 e. The molecule has 3 rings (SSSR count). The van der Waals surface area contributed by atoms with Gasteiger partial charge in [0.15, 0.2) is 5.96 Å². The van der Waals surface area contributed by atoms with E-state index >= 15 is 0 Å². The van der Waals surface area contributed by atoms with Gasteiger partial charge in [-0.25, -0.2) is 9.98 Å². The average Bonchev–Trinajstić information content (AvgIpc) is 3.38. The Labute approximate surface area is 161 Å². The topological polar surface area (TPSA) is 78.9 Å². The number of nitrogens with zero attached hydrogens (tertiary/aromatic N) is 3. The molecule has 0 radical (unpaired) electrons. The lowest BCUT2D eigenvalue weighted by molar-refractivity contribution is -0.134. The Hall–Kier alpha value is -2.31. The number of aromatic nitrogens is 1. The van der Waals surface area contributed by atoms with Gasteiger partial charge in [0, 0.05) is 43.9 Å². The van der Waals surface area contributed by atoms with Crippen molar-refractivity contribution >= 4 is 11.9 Å². The average molecular weight is 374 g/mol. The van der Waals surface area contributed by atoms with Gasteiger partial charge in [-0.1, -0.05) is 12.8 Å². The second-order valence-electron chi connectivity index (χ2n) is 7.30. The molecule has 2 N–H and O–H groups in total. The van der Waals surface area contributed by atoms with Crippen LogP contribution in [0.1, 0.15) is 44.6 Å². The summed E-state index contributed by atoms with van der Waals surface area (Å²) in [5.74, 6) is 1.99. The summed E-state index contributed by atoms with van der Waals surface area (Å²) in [6, 6.07) is 4.08. The second kappa shape index (κ2) is 9.58. The Morgan fingerprint density at radius 3 is 2.93 bits per heavy atom. The maximum absolute atomic E-state index is 12.6. The van der Waals surface area contributed by atoms with E-state index in [2.05, 4.69) is 27.5 Å². The van der Waals surface area contributed by atoms with E-state index in [9.17, 15) is 4.79 Å². The fourth-order valence-electron chi connectivity index (χ4n) is 3.85. The van der Waals surface area contributed by atoms with Crippen LogP contribution in [0.3, 0.4) is 0 Å². The minimum Gasteiger partial charge on any atom is -0.481 e. The van der Waals surface area contributed by atoms with Crippen LogP contribution in [0.5, 0.6) is 5.88 Å². The summed E-state index contributed by atoms with van der Waals surface area (Å²) in [5.41, 5.74) is 1.04. The molecule has 1 amide bonds. The van der Waals surface area contributed by atoms with Crippen molar-refractivity contribution in [3.05, 3.63) is 23.9 Å². The van der Waals surface area contributed by atoms with Gasteiger partial charge in [-0.05, 0) is 37.8 Å². The number of guanidine groups is 1. The number of carbonyl (C=O) groups excluding carboxylic acids is 1. The molecule has 1 atom stereocenters. The Morgan fingerprint density at radius 1 is 1.37 bits per heavy atom. The largest absolute Gasteiger partial charge is 0.481 e. The molecule has 0 aromatic carbocycles. The van der Waals surface area contributed by atoms with E-state index < -0.39 is 0 Å². The van der Waals surface area contributed by atoms with E-state index in [1.165, 1.54) is 12.8 Å². The molecule has 27 heavy (non-hydrogen) atoms. The summed E-state index contributed by atoms with van der Waals surface area (Å²) in [6.07, 6.45) is 7.21. The van der Waals surface area contributed by atoms with E-state index in [-0.39, 0.29) is 12.0 Å². The van der Waals surface area contributed by atoms with Crippen LogP contribution in [0.2, 0.25) is 0 Å². The number of carbonyl (C=O) groups is 1. The molecule has 148 valence electrons. The van der Waals surface area contributed by atoms with Crippen LogP contribution >= 0.6 is 0 Å². The van der Waals surface area contributed by atoms with Crippen molar-refractivity contribution in [2.75, 3.05) is 26.7 Å². The van der Waals surface area contributed by atoms with Crippen molar-refractivity contribution in [1.82, 2.24) is 20.5 Å². The monoisotopic (exact) mass is 373 g/mol. The number of likely N-dealkylation sites (tertiary alicyclic amines) is 1. The molecular weight excluding hydrogens is 342 g/mol. The highest BCUT2D eigenvalue weighted by Gasteiger charge is 2.32. The number of ether oxygens (including phenoxy) is 1. The zero-order chi connectivity index (χ0) is 19.1. The Morgan fingerprint density at radius 2 is 2.19 bits per heavy atom. The van der Waals surface area contributed by atoms with Gasteiger partial charge in [0.05, 0.1) is 13.7 Å². The van der Waals surface area contributed by atoms with Gasteiger partial charge in [-0.15, -0.1) is 0 Å². The summed E-state index contributed by atoms with van der Waals surface area (Å²) in [4.78, 5) is 23.4. The predicted octanol–water partition coefficient (Wildman–Crippen LogP) is 1.94. The SMILES string of the molecule is CCNC(=NCc1ccnc(OC)c1)NC1CCN(C(=O)C2CCCC2)C1. The van der Waals surface area contributed by atoms with Gasteiger partial charge in [0.2, 0.25) is 11.8 Å². The van der Waals surface area contributed by atoms with Crippen molar-refractivity contribution in [2.24, 2.45) is 10.9 Å². The fourth-order valence-corrected chi connectivity index (χ4v) is 3.85. The Bertz CT molecular complexity index is 658. The third kappa shape index (κ3) is 5.34. The lowest BCUT2D eigenvalue weighted by Gasteiger charge is -2.21. The number of rotatable bonds is 6. The predicted molar refractivity (Wildman–Crippen MR) is 106 cm³/mol. The van der Waals surface area contributed by atoms with Crippen LogP contribution in [-0.4, -0.2) is 54.5 Å². The van der Waals surface area contributed by atoms with Crippen molar-refractivity contribution in [2.45, 2.75) is 51.6 Å². The number of pyridine rings is 1. The highest BCUT2D eigenvalue weighted by atomic mass is 16.5. The van der Waals surface area contributed by atoms with Crippen molar-refractivity contribution < 1.29 is 9.53 Å². The lowest BCUT2D eigenvalue weighted by Crippen LogP contribution is -2.45. The second-order valence-corrected chi connectivity index (χ2v) is 7.30. The first-order valence-corrected chi connectivity index (χ1v) is 10.0. The summed E-state index contributed by atoms with van der Waals surface area (Å²) < 4.78 is 5.16. The van der Waals surface area contributed by atoms with Crippen molar-refractivity contribution in [3.63, 3.8) is 0 Å². The molecule has 7 heteroatoms. The molecule has 1 aliphatic carbocycles. The van der Waals surface area contributed by atoms with Crippen molar-refractivity contribution in [1.29, 1.82) is 0 Å². The van der Waals surface area contributed by atoms with E-state index in [1.807, 2.05) is 17.0 Å². The molecule has 0 bridgehead atoms. The highest BCUT2D eigenvalue weighted by Crippen LogP contribution is 2.27. The van der Waals surface area contributed by atoms with Gasteiger partial charge in [0.1, 0.15) is 0 Å². The molecule has 1 aromatic rings. The number of aliphatic imine (C=N–C) groups is 1. The van der Waals surface area contributed by atoms with Crippen LogP contribution in [0, 0.1) is 5.92 Å².